The molecule has 5 heteroatoms. The van der Waals surface area contributed by atoms with Crippen molar-refractivity contribution in [3.63, 3.8) is 0 Å². The third-order valence-corrected chi connectivity index (χ3v) is 3.68. The van der Waals surface area contributed by atoms with E-state index in [1.165, 1.54) is 0 Å². The molecule has 2 aromatic heterocycles. The summed E-state index contributed by atoms with van der Waals surface area (Å²) in [6.45, 7) is 3.23. The predicted molar refractivity (Wildman–Crippen MR) is 87.4 cm³/mol. The highest BCUT2D eigenvalue weighted by Crippen LogP contribution is 2.22. The van der Waals surface area contributed by atoms with Gasteiger partial charge < -0.3 is 15.6 Å². The second kappa shape index (κ2) is 5.89. The summed E-state index contributed by atoms with van der Waals surface area (Å²) >= 11 is 0. The van der Waals surface area contributed by atoms with Crippen LogP contribution in [0.2, 0.25) is 0 Å². The van der Waals surface area contributed by atoms with Gasteiger partial charge in [0, 0.05) is 42.1 Å². The van der Waals surface area contributed by atoms with E-state index in [1.54, 1.807) is 12.4 Å². The van der Waals surface area contributed by atoms with Gasteiger partial charge in [-0.3, -0.25) is 9.78 Å². The molecule has 0 aliphatic rings. The first-order valence-electron chi connectivity index (χ1n) is 7.25. The lowest BCUT2D eigenvalue weighted by Gasteiger charge is -2.09. The Labute approximate surface area is 128 Å². The molecule has 0 saturated heterocycles. The number of benzene rings is 1. The highest BCUT2D eigenvalue weighted by atomic mass is 16.1. The summed E-state index contributed by atoms with van der Waals surface area (Å²) in [7, 11) is 0. The maximum Gasteiger partial charge on any atom is 0.268 e. The number of aryl methyl sites for hydroxylation is 1. The third kappa shape index (κ3) is 2.65. The summed E-state index contributed by atoms with van der Waals surface area (Å²) in [5.41, 5.74) is 9.21. The molecule has 0 fully saturated rings. The van der Waals surface area contributed by atoms with E-state index in [0.29, 0.717) is 17.9 Å². The molecule has 1 aromatic carbocycles. The molecule has 0 unspecified atom stereocenters. The van der Waals surface area contributed by atoms with Crippen molar-refractivity contribution in [2.24, 2.45) is 0 Å². The minimum Gasteiger partial charge on any atom is -0.399 e. The van der Waals surface area contributed by atoms with Crippen molar-refractivity contribution in [2.45, 2.75) is 20.0 Å². The number of nitrogen functional groups attached to an aromatic ring is 1. The fourth-order valence-electron chi connectivity index (χ4n) is 2.59. The normalized spacial score (nSPS) is 10.8. The van der Waals surface area contributed by atoms with Gasteiger partial charge in [0.2, 0.25) is 0 Å². The molecule has 0 bridgehead atoms. The number of amides is 1. The van der Waals surface area contributed by atoms with Crippen LogP contribution in [0.1, 0.15) is 23.0 Å². The largest absolute Gasteiger partial charge is 0.399 e. The van der Waals surface area contributed by atoms with Crippen LogP contribution in [0.25, 0.3) is 10.9 Å². The van der Waals surface area contributed by atoms with Gasteiger partial charge >= 0.3 is 0 Å². The van der Waals surface area contributed by atoms with E-state index >= 15 is 0 Å². The minimum atomic E-state index is -0.0894. The molecular formula is C17H18N4O. The van der Waals surface area contributed by atoms with E-state index in [9.17, 15) is 4.79 Å². The number of hydrogen-bond donors (Lipinski definition) is 2. The number of carbonyl (C=O) groups excluding carboxylic acids is 1. The zero-order valence-electron chi connectivity index (χ0n) is 12.4. The molecule has 1 amide bonds. The Morgan fingerprint density at radius 3 is 2.73 bits per heavy atom. The summed E-state index contributed by atoms with van der Waals surface area (Å²) in [4.78, 5) is 16.4. The molecule has 5 nitrogen and oxygen atoms in total. The lowest BCUT2D eigenvalue weighted by Crippen LogP contribution is -2.25. The van der Waals surface area contributed by atoms with Gasteiger partial charge in [-0.15, -0.1) is 0 Å². The standard InChI is InChI=1S/C17H18N4O/c1-2-21-15-4-3-14(18)9-13(15)10-16(21)17(22)20-11-12-5-7-19-8-6-12/h3-10H,2,11,18H2,1H3,(H,20,22). The fourth-order valence-corrected chi connectivity index (χ4v) is 2.59. The molecule has 3 aromatic rings. The highest BCUT2D eigenvalue weighted by Gasteiger charge is 2.14. The molecule has 0 radical (unpaired) electrons. The number of anilines is 1. The van der Waals surface area contributed by atoms with E-state index in [-0.39, 0.29) is 5.91 Å². The summed E-state index contributed by atoms with van der Waals surface area (Å²) in [6.07, 6.45) is 3.43. The average Bonchev–Trinajstić information content (AvgIpc) is 2.91. The van der Waals surface area contributed by atoms with Crippen molar-refractivity contribution in [2.75, 3.05) is 5.73 Å². The maximum absolute atomic E-state index is 12.5. The number of pyridine rings is 1. The third-order valence-electron chi connectivity index (χ3n) is 3.68. The van der Waals surface area contributed by atoms with Crippen LogP contribution in [-0.4, -0.2) is 15.5 Å². The maximum atomic E-state index is 12.5. The molecule has 3 rings (SSSR count). The van der Waals surface area contributed by atoms with E-state index in [4.69, 9.17) is 5.73 Å². The van der Waals surface area contributed by atoms with Crippen LogP contribution in [-0.2, 0) is 13.1 Å². The summed E-state index contributed by atoms with van der Waals surface area (Å²) in [5, 5.41) is 3.93. The number of rotatable bonds is 4. The molecular weight excluding hydrogens is 276 g/mol. The average molecular weight is 294 g/mol. The van der Waals surface area contributed by atoms with Crippen molar-refractivity contribution in [1.82, 2.24) is 14.9 Å². The lowest BCUT2D eigenvalue weighted by molar-refractivity contribution is 0.0942. The number of fused-ring (bicyclic) bond motifs is 1. The van der Waals surface area contributed by atoms with E-state index in [1.807, 2.05) is 47.9 Å². The van der Waals surface area contributed by atoms with Gasteiger partial charge in [-0.05, 0) is 48.9 Å². The number of nitrogens with zero attached hydrogens (tertiary/aromatic N) is 2. The Morgan fingerprint density at radius 1 is 1.23 bits per heavy atom. The van der Waals surface area contributed by atoms with Gasteiger partial charge in [-0.2, -0.15) is 0 Å². The highest BCUT2D eigenvalue weighted by molar-refractivity contribution is 5.99. The number of aromatic nitrogens is 2. The Morgan fingerprint density at radius 2 is 2.00 bits per heavy atom. The van der Waals surface area contributed by atoms with Gasteiger partial charge in [0.05, 0.1) is 0 Å². The SMILES string of the molecule is CCn1c(C(=O)NCc2ccncc2)cc2cc(N)ccc21. The van der Waals surface area contributed by atoms with Crippen LogP contribution in [0.3, 0.4) is 0 Å². The Balaban J connectivity index is 1.87. The summed E-state index contributed by atoms with van der Waals surface area (Å²) in [6, 6.07) is 11.4. The molecule has 2 heterocycles. The molecule has 22 heavy (non-hydrogen) atoms. The van der Waals surface area contributed by atoms with Crippen molar-refractivity contribution in [1.29, 1.82) is 0 Å². The first-order chi connectivity index (χ1) is 10.7. The van der Waals surface area contributed by atoms with E-state index < -0.39 is 0 Å². The molecule has 0 aliphatic carbocycles. The first kappa shape index (κ1) is 14.1. The van der Waals surface area contributed by atoms with Crippen LogP contribution in [0.5, 0.6) is 0 Å². The van der Waals surface area contributed by atoms with Crippen LogP contribution in [0, 0.1) is 0 Å². The Bertz CT molecular complexity index is 808. The van der Waals surface area contributed by atoms with E-state index in [0.717, 1.165) is 23.0 Å². The zero-order valence-corrected chi connectivity index (χ0v) is 12.4. The van der Waals surface area contributed by atoms with Crippen LogP contribution < -0.4 is 11.1 Å². The first-order valence-corrected chi connectivity index (χ1v) is 7.25. The number of hydrogen-bond acceptors (Lipinski definition) is 3. The van der Waals surface area contributed by atoms with Crippen LogP contribution >= 0.6 is 0 Å². The fraction of sp³-hybridized carbons (Fsp3) is 0.176. The van der Waals surface area contributed by atoms with Gasteiger partial charge in [0.25, 0.3) is 5.91 Å². The monoisotopic (exact) mass is 294 g/mol. The smallest absolute Gasteiger partial charge is 0.268 e. The lowest BCUT2D eigenvalue weighted by atomic mass is 10.2. The predicted octanol–water partition coefficient (Wildman–Crippen LogP) is 2.57. The van der Waals surface area contributed by atoms with Crippen molar-refractivity contribution in [3.05, 3.63) is 60.0 Å². The number of carbonyl (C=O) groups is 1. The number of nitrogens with two attached hydrogens (primary N) is 1. The zero-order chi connectivity index (χ0) is 15.5. The summed E-state index contributed by atoms with van der Waals surface area (Å²) in [5.74, 6) is -0.0894. The molecule has 0 saturated carbocycles. The van der Waals surface area contributed by atoms with Gasteiger partial charge in [-0.1, -0.05) is 0 Å². The molecule has 112 valence electrons. The van der Waals surface area contributed by atoms with Crippen LogP contribution in [0.4, 0.5) is 5.69 Å². The van der Waals surface area contributed by atoms with Gasteiger partial charge in [-0.25, -0.2) is 0 Å². The van der Waals surface area contributed by atoms with Crippen molar-refractivity contribution in [3.8, 4) is 0 Å². The minimum absolute atomic E-state index is 0.0894. The van der Waals surface area contributed by atoms with Crippen molar-refractivity contribution >= 4 is 22.5 Å². The topological polar surface area (TPSA) is 72.9 Å². The molecule has 0 aliphatic heterocycles. The molecule has 0 atom stereocenters. The van der Waals surface area contributed by atoms with Gasteiger partial charge in [0.1, 0.15) is 5.69 Å². The number of nitrogens with one attached hydrogen (secondary N) is 1. The van der Waals surface area contributed by atoms with Gasteiger partial charge in [0.15, 0.2) is 0 Å². The second-order valence-electron chi connectivity index (χ2n) is 5.13. The summed E-state index contributed by atoms with van der Waals surface area (Å²) < 4.78 is 2.00. The Kier molecular flexibility index (Phi) is 3.78. The molecule has 0 spiro atoms. The quantitative estimate of drug-likeness (QED) is 0.726. The van der Waals surface area contributed by atoms with Crippen molar-refractivity contribution < 1.29 is 4.79 Å². The van der Waals surface area contributed by atoms with E-state index in [2.05, 4.69) is 10.3 Å². The molecule has 3 N–H and O–H groups in total. The second-order valence-corrected chi connectivity index (χ2v) is 5.13. The Hall–Kier alpha value is -2.82. The van der Waals surface area contributed by atoms with Crippen LogP contribution in [0.15, 0.2) is 48.8 Å².